The Kier molecular flexibility index (Phi) is 4.21. The quantitative estimate of drug-likeness (QED) is 0.672. The summed E-state index contributed by atoms with van der Waals surface area (Å²) in [7, 11) is 1.59. The highest BCUT2D eigenvalue weighted by atomic mass is 16.3. The first-order chi connectivity index (χ1) is 9.56. The summed E-state index contributed by atoms with van der Waals surface area (Å²) in [5.41, 5.74) is 6.22. The van der Waals surface area contributed by atoms with Crippen LogP contribution < -0.4 is 11.1 Å². The number of H-pyrrole nitrogens is 1. The van der Waals surface area contributed by atoms with Gasteiger partial charge in [-0.2, -0.15) is 5.10 Å². The van der Waals surface area contributed by atoms with Gasteiger partial charge in [-0.05, 0) is 5.56 Å². The number of aliphatic hydroxyl groups excluding tert-OH is 1. The van der Waals surface area contributed by atoms with Gasteiger partial charge in [-0.15, -0.1) is 0 Å². The van der Waals surface area contributed by atoms with Crippen molar-refractivity contribution in [3.8, 4) is 0 Å². The molecule has 1 aromatic carbocycles. The zero-order valence-electron chi connectivity index (χ0n) is 11.1. The average Bonchev–Trinajstić information content (AvgIpc) is 2.85. The second-order valence-corrected chi connectivity index (χ2v) is 4.45. The number of carbonyl (C=O) groups is 1. The highest BCUT2D eigenvalue weighted by Gasteiger charge is 2.15. The molecule has 7 nitrogen and oxygen atoms in total. The molecule has 106 valence electrons. The van der Waals surface area contributed by atoms with Crippen LogP contribution in [0.25, 0.3) is 0 Å². The third-order valence-corrected chi connectivity index (χ3v) is 2.81. The fourth-order valence-corrected chi connectivity index (χ4v) is 1.73. The van der Waals surface area contributed by atoms with Crippen molar-refractivity contribution in [2.75, 3.05) is 24.6 Å². The largest absolute Gasteiger partial charge is 0.387 e. The number of nitrogens with two attached hydrogens (primary N) is 1. The van der Waals surface area contributed by atoms with Gasteiger partial charge in [-0.3, -0.25) is 10.4 Å². The van der Waals surface area contributed by atoms with E-state index in [9.17, 15) is 9.90 Å². The van der Waals surface area contributed by atoms with E-state index in [0.717, 1.165) is 5.56 Å². The number of aromatic amines is 1. The lowest BCUT2D eigenvalue weighted by Gasteiger charge is -2.21. The van der Waals surface area contributed by atoms with E-state index in [1.165, 1.54) is 11.0 Å². The number of carbonyl (C=O) groups excluding carboxylic acids is 1. The molecule has 1 atom stereocenters. The maximum Gasteiger partial charge on any atom is 0.322 e. The topological polar surface area (TPSA) is 107 Å². The van der Waals surface area contributed by atoms with Crippen molar-refractivity contribution in [1.29, 1.82) is 0 Å². The molecule has 1 aromatic heterocycles. The molecule has 20 heavy (non-hydrogen) atoms. The first kappa shape index (κ1) is 13.9. The van der Waals surface area contributed by atoms with Crippen molar-refractivity contribution in [2.24, 2.45) is 0 Å². The van der Waals surface area contributed by atoms with Crippen LogP contribution in [0, 0.1) is 0 Å². The van der Waals surface area contributed by atoms with Crippen molar-refractivity contribution in [3.05, 3.63) is 42.0 Å². The number of amides is 2. The lowest BCUT2D eigenvalue weighted by Crippen LogP contribution is -2.34. The van der Waals surface area contributed by atoms with E-state index in [1.807, 2.05) is 30.3 Å². The predicted molar refractivity (Wildman–Crippen MR) is 76.1 cm³/mol. The lowest BCUT2D eigenvalue weighted by atomic mass is 10.1. The molecule has 0 bridgehead atoms. The van der Waals surface area contributed by atoms with Crippen LogP contribution >= 0.6 is 0 Å². The highest BCUT2D eigenvalue weighted by Crippen LogP contribution is 2.14. The van der Waals surface area contributed by atoms with Crippen LogP contribution in [0.5, 0.6) is 0 Å². The Bertz CT molecular complexity index is 569. The minimum atomic E-state index is -0.740. The summed E-state index contributed by atoms with van der Waals surface area (Å²) in [5.74, 6) is 0.709. The smallest absolute Gasteiger partial charge is 0.322 e. The maximum absolute atomic E-state index is 11.9. The molecule has 0 saturated heterocycles. The number of rotatable bonds is 4. The van der Waals surface area contributed by atoms with E-state index in [0.29, 0.717) is 11.6 Å². The SMILES string of the molecule is CN(CC(O)c1ccccc1)C(=O)Nc1cc(N)[nH]n1. The van der Waals surface area contributed by atoms with E-state index in [2.05, 4.69) is 15.5 Å². The van der Waals surface area contributed by atoms with Crippen LogP contribution in [0.1, 0.15) is 11.7 Å². The molecule has 0 aliphatic heterocycles. The van der Waals surface area contributed by atoms with Gasteiger partial charge in [-0.1, -0.05) is 30.3 Å². The minimum absolute atomic E-state index is 0.176. The number of nitrogens with zero attached hydrogens (tertiary/aromatic N) is 2. The standard InChI is InChI=1S/C13H17N5O2/c1-18(8-10(19)9-5-3-2-4-6-9)13(20)15-12-7-11(14)16-17-12/h2-7,10,19H,8H2,1H3,(H4,14,15,16,17,20). The minimum Gasteiger partial charge on any atom is -0.387 e. The number of aromatic nitrogens is 2. The number of hydrogen-bond acceptors (Lipinski definition) is 4. The second kappa shape index (κ2) is 6.07. The van der Waals surface area contributed by atoms with Crippen LogP contribution in [0.3, 0.4) is 0 Å². The Hall–Kier alpha value is -2.54. The molecule has 5 N–H and O–H groups in total. The fraction of sp³-hybridized carbons (Fsp3) is 0.231. The molecule has 1 unspecified atom stereocenters. The van der Waals surface area contributed by atoms with E-state index >= 15 is 0 Å². The number of urea groups is 1. The fourth-order valence-electron chi connectivity index (χ4n) is 1.73. The molecule has 2 amide bonds. The molecule has 0 aliphatic rings. The van der Waals surface area contributed by atoms with E-state index < -0.39 is 6.10 Å². The molecule has 0 aliphatic carbocycles. The van der Waals surface area contributed by atoms with Gasteiger partial charge in [0.05, 0.1) is 12.6 Å². The number of nitrogen functional groups attached to an aromatic ring is 1. The van der Waals surface area contributed by atoms with Crippen molar-refractivity contribution in [2.45, 2.75) is 6.10 Å². The van der Waals surface area contributed by atoms with Gasteiger partial charge < -0.3 is 15.7 Å². The van der Waals surface area contributed by atoms with E-state index in [1.54, 1.807) is 7.05 Å². The molecule has 1 heterocycles. The number of hydrogen-bond donors (Lipinski definition) is 4. The summed E-state index contributed by atoms with van der Waals surface area (Å²) in [6.45, 7) is 0.176. The Morgan fingerprint density at radius 3 is 2.80 bits per heavy atom. The number of benzene rings is 1. The molecule has 0 radical (unpaired) electrons. The average molecular weight is 275 g/mol. The lowest BCUT2D eigenvalue weighted by molar-refractivity contribution is 0.136. The Balaban J connectivity index is 1.91. The van der Waals surface area contributed by atoms with E-state index in [4.69, 9.17) is 5.73 Å². The van der Waals surface area contributed by atoms with Crippen LogP contribution in [0.4, 0.5) is 16.4 Å². The van der Waals surface area contributed by atoms with Crippen LogP contribution in [-0.4, -0.2) is 39.8 Å². The number of anilines is 2. The summed E-state index contributed by atoms with van der Waals surface area (Å²) in [5, 5.41) is 18.9. The summed E-state index contributed by atoms with van der Waals surface area (Å²) in [4.78, 5) is 13.3. The first-order valence-corrected chi connectivity index (χ1v) is 6.12. The maximum atomic E-state index is 11.9. The summed E-state index contributed by atoms with van der Waals surface area (Å²) >= 11 is 0. The Morgan fingerprint density at radius 1 is 1.50 bits per heavy atom. The zero-order valence-corrected chi connectivity index (χ0v) is 11.1. The van der Waals surface area contributed by atoms with Crippen LogP contribution in [0.15, 0.2) is 36.4 Å². The van der Waals surface area contributed by atoms with Gasteiger partial charge >= 0.3 is 6.03 Å². The van der Waals surface area contributed by atoms with Crippen molar-refractivity contribution in [3.63, 3.8) is 0 Å². The van der Waals surface area contributed by atoms with Gasteiger partial charge in [0.2, 0.25) is 0 Å². The van der Waals surface area contributed by atoms with Crippen LogP contribution in [0.2, 0.25) is 0 Å². The second-order valence-electron chi connectivity index (χ2n) is 4.45. The monoisotopic (exact) mass is 275 g/mol. The summed E-state index contributed by atoms with van der Waals surface area (Å²) in [6.07, 6.45) is -0.740. The summed E-state index contributed by atoms with van der Waals surface area (Å²) < 4.78 is 0. The van der Waals surface area contributed by atoms with Gasteiger partial charge in [-0.25, -0.2) is 4.79 Å². The zero-order chi connectivity index (χ0) is 14.5. The number of nitrogens with one attached hydrogen (secondary N) is 2. The molecule has 7 heteroatoms. The normalized spacial score (nSPS) is 11.9. The Morgan fingerprint density at radius 2 is 2.20 bits per heavy atom. The third-order valence-electron chi connectivity index (χ3n) is 2.81. The van der Waals surface area contributed by atoms with Gasteiger partial charge in [0.15, 0.2) is 5.82 Å². The Labute approximate surface area is 116 Å². The van der Waals surface area contributed by atoms with Gasteiger partial charge in [0, 0.05) is 13.1 Å². The first-order valence-electron chi connectivity index (χ1n) is 6.12. The predicted octanol–water partition coefficient (Wildman–Crippen LogP) is 1.19. The summed E-state index contributed by atoms with van der Waals surface area (Å²) in [6, 6.07) is 10.3. The molecule has 2 aromatic rings. The molecule has 2 rings (SSSR count). The molecular weight excluding hydrogens is 258 g/mol. The van der Waals surface area contributed by atoms with Crippen molar-refractivity contribution in [1.82, 2.24) is 15.1 Å². The van der Waals surface area contributed by atoms with Gasteiger partial charge in [0.1, 0.15) is 5.82 Å². The van der Waals surface area contributed by atoms with Gasteiger partial charge in [0.25, 0.3) is 0 Å². The number of aliphatic hydroxyl groups is 1. The highest BCUT2D eigenvalue weighted by molar-refractivity contribution is 5.88. The van der Waals surface area contributed by atoms with E-state index in [-0.39, 0.29) is 12.6 Å². The van der Waals surface area contributed by atoms with Crippen molar-refractivity contribution < 1.29 is 9.90 Å². The third kappa shape index (κ3) is 3.48. The van der Waals surface area contributed by atoms with Crippen molar-refractivity contribution >= 4 is 17.7 Å². The molecular formula is C13H17N5O2. The number of likely N-dealkylation sites (N-methyl/N-ethyl adjacent to an activating group) is 1. The van der Waals surface area contributed by atoms with Crippen LogP contribution in [-0.2, 0) is 0 Å². The molecule has 0 fully saturated rings. The molecule has 0 spiro atoms. The molecule has 0 saturated carbocycles.